The minimum absolute atomic E-state index is 0.0611. The molecule has 1 aliphatic rings. The van der Waals surface area contributed by atoms with Gasteiger partial charge in [-0.1, -0.05) is 75.7 Å². The molecule has 0 aromatic heterocycles. The second-order valence-corrected chi connectivity index (χ2v) is 11.2. The van der Waals surface area contributed by atoms with Crippen molar-refractivity contribution >= 4 is 12.7 Å². The van der Waals surface area contributed by atoms with Crippen molar-refractivity contribution < 1.29 is 9.09 Å². The smallest absolute Gasteiger partial charge is 0.239 e. The fourth-order valence-corrected chi connectivity index (χ4v) is 6.92. The Kier molecular flexibility index (Phi) is 6.61. The van der Waals surface area contributed by atoms with Crippen molar-refractivity contribution in [3.63, 3.8) is 0 Å². The Bertz CT molecular complexity index is 756. The Hall–Kier alpha value is -1.37. The van der Waals surface area contributed by atoms with E-state index in [0.29, 0.717) is 17.8 Å². The highest BCUT2D eigenvalue weighted by Crippen LogP contribution is 2.61. The zero-order valence-corrected chi connectivity index (χ0v) is 17.9. The summed E-state index contributed by atoms with van der Waals surface area (Å²) in [6, 6.07) is 20.0. The molecule has 2 nitrogen and oxygen atoms in total. The molecule has 5 atom stereocenters. The number of hydrogen-bond acceptors (Lipinski definition) is 2. The van der Waals surface area contributed by atoms with Crippen LogP contribution in [-0.4, -0.2) is 6.10 Å². The molecule has 0 saturated heterocycles. The Balaban J connectivity index is 1.98. The maximum absolute atomic E-state index is 14.4. The Morgan fingerprint density at radius 1 is 0.926 bits per heavy atom. The van der Waals surface area contributed by atoms with Gasteiger partial charge in [-0.15, -0.1) is 0 Å². The minimum Gasteiger partial charge on any atom is -0.321 e. The third kappa shape index (κ3) is 4.55. The monoisotopic (exact) mass is 384 g/mol. The van der Waals surface area contributed by atoms with Crippen molar-refractivity contribution in [3.05, 3.63) is 66.2 Å². The van der Waals surface area contributed by atoms with E-state index < -0.39 is 7.37 Å². The average molecular weight is 385 g/mol. The van der Waals surface area contributed by atoms with Gasteiger partial charge in [0.1, 0.15) is 0 Å². The van der Waals surface area contributed by atoms with Crippen molar-refractivity contribution in [2.24, 2.45) is 17.8 Å². The second kappa shape index (κ2) is 8.76. The summed E-state index contributed by atoms with van der Waals surface area (Å²) in [5.41, 5.74) is 0.917. The molecule has 3 heteroatoms. The van der Waals surface area contributed by atoms with Gasteiger partial charge in [0.2, 0.25) is 7.37 Å². The van der Waals surface area contributed by atoms with E-state index in [1.54, 1.807) is 0 Å². The number of hydrogen-bond donors (Lipinski definition) is 0. The highest BCUT2D eigenvalue weighted by molar-refractivity contribution is 7.67. The standard InChI is InChI=1S/C24H33O2P/c1-18(2)23-16-15-19(3)17-24(23)26-27(25,22-13-9-6-10-14-22)20(4)21-11-7-5-8-12-21/h5-14,18-20,23-24H,15-17H2,1-4H3/t19-,20+,23+,24-,27-/m1/s1. The van der Waals surface area contributed by atoms with Crippen molar-refractivity contribution in [1.29, 1.82) is 0 Å². The summed E-state index contributed by atoms with van der Waals surface area (Å²) in [6.07, 6.45) is 3.47. The summed E-state index contributed by atoms with van der Waals surface area (Å²) < 4.78 is 21.1. The molecule has 3 rings (SSSR count). The summed E-state index contributed by atoms with van der Waals surface area (Å²) in [5, 5.41) is 0.835. The molecule has 0 spiro atoms. The van der Waals surface area contributed by atoms with Crippen LogP contribution in [0.1, 0.15) is 58.2 Å². The van der Waals surface area contributed by atoms with Crippen LogP contribution in [0.25, 0.3) is 0 Å². The van der Waals surface area contributed by atoms with Gasteiger partial charge in [0.05, 0.1) is 11.8 Å². The molecule has 0 unspecified atom stereocenters. The molecule has 0 bridgehead atoms. The van der Waals surface area contributed by atoms with Crippen LogP contribution in [0.2, 0.25) is 0 Å². The first-order valence-corrected chi connectivity index (χ1v) is 12.0. The van der Waals surface area contributed by atoms with E-state index in [9.17, 15) is 4.57 Å². The molecule has 0 N–H and O–H groups in total. The van der Waals surface area contributed by atoms with Gasteiger partial charge >= 0.3 is 0 Å². The Morgan fingerprint density at radius 2 is 1.52 bits per heavy atom. The van der Waals surface area contributed by atoms with Crippen LogP contribution in [0.5, 0.6) is 0 Å². The lowest BCUT2D eigenvalue weighted by Crippen LogP contribution is -2.35. The van der Waals surface area contributed by atoms with E-state index in [4.69, 9.17) is 4.52 Å². The van der Waals surface area contributed by atoms with Crippen molar-refractivity contribution in [2.75, 3.05) is 0 Å². The number of rotatable bonds is 6. The molecule has 146 valence electrons. The third-order valence-electron chi connectivity index (χ3n) is 6.16. The van der Waals surface area contributed by atoms with Crippen LogP contribution in [0.4, 0.5) is 0 Å². The van der Waals surface area contributed by atoms with Crippen LogP contribution in [0.3, 0.4) is 0 Å². The first-order valence-electron chi connectivity index (χ1n) is 10.3. The molecule has 1 aliphatic carbocycles. The zero-order valence-electron chi connectivity index (χ0n) is 17.0. The topological polar surface area (TPSA) is 26.3 Å². The van der Waals surface area contributed by atoms with Gasteiger partial charge in [-0.3, -0.25) is 4.57 Å². The minimum atomic E-state index is -3.06. The average Bonchev–Trinajstić information content (AvgIpc) is 2.68. The van der Waals surface area contributed by atoms with Crippen LogP contribution < -0.4 is 5.30 Å². The summed E-state index contributed by atoms with van der Waals surface area (Å²) in [4.78, 5) is 0. The van der Waals surface area contributed by atoms with Crippen LogP contribution in [0, 0.1) is 17.8 Å². The Labute approximate surface area is 164 Å². The molecule has 0 heterocycles. The normalized spacial score (nSPS) is 26.5. The fraction of sp³-hybridized carbons (Fsp3) is 0.500. The van der Waals surface area contributed by atoms with Gasteiger partial charge in [0, 0.05) is 5.30 Å². The number of benzene rings is 2. The predicted molar refractivity (Wildman–Crippen MR) is 115 cm³/mol. The highest BCUT2D eigenvalue weighted by Gasteiger charge is 2.41. The predicted octanol–water partition coefficient (Wildman–Crippen LogP) is 6.83. The molecular weight excluding hydrogens is 351 g/mol. The molecule has 1 saturated carbocycles. The van der Waals surface area contributed by atoms with E-state index in [0.717, 1.165) is 23.7 Å². The summed E-state index contributed by atoms with van der Waals surface area (Å²) in [6.45, 7) is 8.89. The van der Waals surface area contributed by atoms with Crippen molar-refractivity contribution in [2.45, 2.75) is 58.7 Å². The van der Waals surface area contributed by atoms with Gasteiger partial charge in [-0.25, -0.2) is 0 Å². The maximum atomic E-state index is 14.4. The van der Waals surface area contributed by atoms with Crippen LogP contribution >= 0.6 is 7.37 Å². The van der Waals surface area contributed by atoms with E-state index in [1.165, 1.54) is 6.42 Å². The van der Waals surface area contributed by atoms with Crippen molar-refractivity contribution in [3.8, 4) is 0 Å². The first kappa shape index (κ1) is 20.4. The van der Waals surface area contributed by atoms with E-state index in [1.807, 2.05) is 48.5 Å². The molecule has 0 radical (unpaired) electrons. The van der Waals surface area contributed by atoms with Crippen LogP contribution in [0.15, 0.2) is 60.7 Å². The fourth-order valence-electron chi connectivity index (χ4n) is 4.38. The summed E-state index contributed by atoms with van der Waals surface area (Å²) >= 11 is 0. The second-order valence-electron chi connectivity index (χ2n) is 8.49. The molecule has 2 aromatic carbocycles. The molecule has 0 aliphatic heterocycles. The lowest BCUT2D eigenvalue weighted by Gasteiger charge is -2.40. The lowest BCUT2D eigenvalue weighted by molar-refractivity contribution is 0.0487. The van der Waals surface area contributed by atoms with Gasteiger partial charge in [-0.05, 0) is 55.2 Å². The Morgan fingerprint density at radius 3 is 2.11 bits per heavy atom. The van der Waals surface area contributed by atoms with E-state index in [2.05, 4.69) is 39.8 Å². The quantitative estimate of drug-likeness (QED) is 0.510. The highest BCUT2D eigenvalue weighted by atomic mass is 31.2. The molecule has 1 fully saturated rings. The summed E-state index contributed by atoms with van der Waals surface area (Å²) in [5.74, 6) is 1.64. The van der Waals surface area contributed by atoms with E-state index >= 15 is 0 Å². The van der Waals surface area contributed by atoms with Crippen molar-refractivity contribution in [1.82, 2.24) is 0 Å². The van der Waals surface area contributed by atoms with Gasteiger partial charge in [-0.2, -0.15) is 0 Å². The lowest BCUT2D eigenvalue weighted by atomic mass is 9.75. The molecular formula is C24H33O2P. The van der Waals surface area contributed by atoms with Gasteiger partial charge < -0.3 is 4.52 Å². The first-order chi connectivity index (χ1) is 12.9. The van der Waals surface area contributed by atoms with Gasteiger partial charge in [0.15, 0.2) is 0 Å². The van der Waals surface area contributed by atoms with E-state index in [-0.39, 0.29) is 11.8 Å². The molecule has 27 heavy (non-hydrogen) atoms. The SMILES string of the molecule is CC(C)[C@@H]1CC[C@@H](C)C[C@H]1O[P@@](=O)(c1ccccc1)[C@@H](C)c1ccccc1. The zero-order chi connectivity index (χ0) is 19.4. The largest absolute Gasteiger partial charge is 0.321 e. The molecule has 0 amide bonds. The maximum Gasteiger partial charge on any atom is 0.239 e. The van der Waals surface area contributed by atoms with Gasteiger partial charge in [0.25, 0.3) is 0 Å². The van der Waals surface area contributed by atoms with Crippen LogP contribution in [-0.2, 0) is 9.09 Å². The molecule has 2 aromatic rings. The summed E-state index contributed by atoms with van der Waals surface area (Å²) in [7, 11) is -3.06. The third-order valence-corrected chi connectivity index (χ3v) is 9.08.